The fourth-order valence-electron chi connectivity index (χ4n) is 2.00. The zero-order valence-electron chi connectivity index (χ0n) is 13.7. The molecule has 0 spiro atoms. The number of ether oxygens (including phenoxy) is 1. The number of unbranched alkanes of at least 4 members (excludes halogenated alkanes) is 1. The molecule has 114 valence electrons. The number of hydrogen-bond donors (Lipinski definition) is 1. The molecule has 0 radical (unpaired) electrons. The first-order valence-corrected chi connectivity index (χ1v) is 7.92. The van der Waals surface area contributed by atoms with Crippen molar-refractivity contribution in [1.29, 1.82) is 0 Å². The van der Waals surface area contributed by atoms with Crippen molar-refractivity contribution in [3.63, 3.8) is 0 Å². The normalized spacial score (nSPS) is 11.8. The molecule has 0 fully saturated rings. The highest BCUT2D eigenvalue weighted by Crippen LogP contribution is 2.22. The quantitative estimate of drug-likeness (QED) is 0.680. The largest absolute Gasteiger partial charge is 0.381 e. The van der Waals surface area contributed by atoms with Crippen molar-refractivity contribution in [3.8, 4) is 0 Å². The Kier molecular flexibility index (Phi) is 7.86. The molecule has 20 heavy (non-hydrogen) atoms. The van der Waals surface area contributed by atoms with Crippen molar-refractivity contribution >= 4 is 0 Å². The number of benzene rings is 1. The highest BCUT2D eigenvalue weighted by atomic mass is 16.5. The third-order valence-corrected chi connectivity index (χ3v) is 3.43. The van der Waals surface area contributed by atoms with E-state index >= 15 is 0 Å². The molecule has 0 saturated heterocycles. The van der Waals surface area contributed by atoms with Crippen molar-refractivity contribution in [1.82, 2.24) is 5.32 Å². The predicted molar refractivity (Wildman–Crippen MR) is 87.2 cm³/mol. The molecule has 2 heteroatoms. The molecular weight excluding hydrogens is 246 g/mol. The maximum atomic E-state index is 5.54. The first-order chi connectivity index (χ1) is 9.54. The molecule has 2 nitrogen and oxygen atoms in total. The summed E-state index contributed by atoms with van der Waals surface area (Å²) in [7, 11) is 0. The summed E-state index contributed by atoms with van der Waals surface area (Å²) in [6.45, 7) is 12.7. The standard InChI is InChI=1S/C18H31NO/c1-5-6-13-20-14-7-12-19-15-16-8-10-17(11-9-16)18(2,3)4/h8-11,19H,5-7,12-15H2,1-4H3. The van der Waals surface area contributed by atoms with Gasteiger partial charge in [-0.25, -0.2) is 0 Å². The van der Waals surface area contributed by atoms with Crippen LogP contribution in [-0.2, 0) is 16.7 Å². The van der Waals surface area contributed by atoms with Gasteiger partial charge in [-0.05, 0) is 35.9 Å². The second-order valence-electron chi connectivity index (χ2n) is 6.44. The zero-order valence-corrected chi connectivity index (χ0v) is 13.7. The van der Waals surface area contributed by atoms with Crippen LogP contribution in [0.1, 0.15) is 58.1 Å². The van der Waals surface area contributed by atoms with E-state index in [9.17, 15) is 0 Å². The Morgan fingerprint density at radius 2 is 1.65 bits per heavy atom. The van der Waals surface area contributed by atoms with E-state index in [-0.39, 0.29) is 5.41 Å². The minimum atomic E-state index is 0.238. The molecule has 1 N–H and O–H groups in total. The van der Waals surface area contributed by atoms with Crippen LogP contribution in [0.15, 0.2) is 24.3 Å². The topological polar surface area (TPSA) is 21.3 Å². The second-order valence-corrected chi connectivity index (χ2v) is 6.44. The molecule has 1 rings (SSSR count). The molecule has 1 aromatic rings. The molecule has 0 unspecified atom stereocenters. The lowest BCUT2D eigenvalue weighted by molar-refractivity contribution is 0.129. The van der Waals surface area contributed by atoms with E-state index in [1.54, 1.807) is 0 Å². The van der Waals surface area contributed by atoms with Crippen LogP contribution in [0.4, 0.5) is 0 Å². The summed E-state index contributed by atoms with van der Waals surface area (Å²) in [5, 5.41) is 3.47. The first kappa shape index (κ1) is 17.2. The lowest BCUT2D eigenvalue weighted by Crippen LogP contribution is -2.17. The van der Waals surface area contributed by atoms with Gasteiger partial charge in [0.25, 0.3) is 0 Å². The summed E-state index contributed by atoms with van der Waals surface area (Å²) in [4.78, 5) is 0. The van der Waals surface area contributed by atoms with Crippen LogP contribution in [0.25, 0.3) is 0 Å². The molecule has 0 aliphatic rings. The monoisotopic (exact) mass is 277 g/mol. The van der Waals surface area contributed by atoms with Crippen LogP contribution >= 0.6 is 0 Å². The fraction of sp³-hybridized carbons (Fsp3) is 0.667. The van der Waals surface area contributed by atoms with Gasteiger partial charge >= 0.3 is 0 Å². The Hall–Kier alpha value is -0.860. The van der Waals surface area contributed by atoms with E-state index in [0.29, 0.717) is 0 Å². The van der Waals surface area contributed by atoms with Gasteiger partial charge in [-0.15, -0.1) is 0 Å². The van der Waals surface area contributed by atoms with Gasteiger partial charge in [0.1, 0.15) is 0 Å². The van der Waals surface area contributed by atoms with Gasteiger partial charge in [-0.2, -0.15) is 0 Å². The smallest absolute Gasteiger partial charge is 0.0478 e. The average molecular weight is 277 g/mol. The van der Waals surface area contributed by atoms with Crippen LogP contribution in [0.5, 0.6) is 0 Å². The van der Waals surface area contributed by atoms with Crippen molar-refractivity contribution in [3.05, 3.63) is 35.4 Å². The zero-order chi connectivity index (χ0) is 14.8. The fourth-order valence-corrected chi connectivity index (χ4v) is 2.00. The molecule has 0 aliphatic heterocycles. The van der Waals surface area contributed by atoms with E-state index in [0.717, 1.165) is 32.7 Å². The Bertz CT molecular complexity index is 351. The van der Waals surface area contributed by atoms with Crippen LogP contribution in [0.2, 0.25) is 0 Å². The van der Waals surface area contributed by atoms with Crippen LogP contribution in [0.3, 0.4) is 0 Å². The van der Waals surface area contributed by atoms with Crippen molar-refractivity contribution in [2.24, 2.45) is 0 Å². The third kappa shape index (κ3) is 7.06. The molecule has 0 amide bonds. The van der Waals surface area contributed by atoms with Gasteiger partial charge in [0.15, 0.2) is 0 Å². The molecule has 0 bridgehead atoms. The summed E-state index contributed by atoms with van der Waals surface area (Å²) in [6, 6.07) is 8.94. The number of rotatable bonds is 9. The Morgan fingerprint density at radius 3 is 2.25 bits per heavy atom. The lowest BCUT2D eigenvalue weighted by Gasteiger charge is -2.19. The van der Waals surface area contributed by atoms with Crippen LogP contribution < -0.4 is 5.32 Å². The Labute approximate surface area is 124 Å². The summed E-state index contributed by atoms with van der Waals surface area (Å²) >= 11 is 0. The van der Waals surface area contributed by atoms with Gasteiger partial charge < -0.3 is 10.1 Å². The average Bonchev–Trinajstić information content (AvgIpc) is 2.41. The highest BCUT2D eigenvalue weighted by molar-refractivity contribution is 5.27. The van der Waals surface area contributed by atoms with Crippen molar-refractivity contribution in [2.45, 2.75) is 58.9 Å². The molecule has 0 saturated carbocycles. The second kappa shape index (κ2) is 9.15. The summed E-state index contributed by atoms with van der Waals surface area (Å²) in [5.74, 6) is 0. The third-order valence-electron chi connectivity index (χ3n) is 3.43. The van der Waals surface area contributed by atoms with Gasteiger partial charge in [0, 0.05) is 19.8 Å². The minimum absolute atomic E-state index is 0.238. The SMILES string of the molecule is CCCCOCCCNCc1ccc(C(C)(C)C)cc1. The maximum Gasteiger partial charge on any atom is 0.0478 e. The van der Waals surface area contributed by atoms with Gasteiger partial charge in [0.2, 0.25) is 0 Å². The van der Waals surface area contributed by atoms with E-state index in [2.05, 4.69) is 57.3 Å². The van der Waals surface area contributed by atoms with E-state index in [1.807, 2.05) is 0 Å². The Morgan fingerprint density at radius 1 is 1.00 bits per heavy atom. The summed E-state index contributed by atoms with van der Waals surface area (Å²) < 4.78 is 5.54. The van der Waals surface area contributed by atoms with E-state index in [4.69, 9.17) is 4.74 Å². The molecule has 1 aromatic carbocycles. The summed E-state index contributed by atoms with van der Waals surface area (Å²) in [6.07, 6.45) is 3.47. The summed E-state index contributed by atoms with van der Waals surface area (Å²) in [5.41, 5.74) is 2.98. The van der Waals surface area contributed by atoms with E-state index < -0.39 is 0 Å². The van der Waals surface area contributed by atoms with Crippen molar-refractivity contribution < 1.29 is 4.74 Å². The maximum absolute atomic E-state index is 5.54. The molecule has 0 aliphatic carbocycles. The van der Waals surface area contributed by atoms with Crippen LogP contribution in [0, 0.1) is 0 Å². The molecule has 0 atom stereocenters. The minimum Gasteiger partial charge on any atom is -0.381 e. The van der Waals surface area contributed by atoms with Gasteiger partial charge in [0.05, 0.1) is 0 Å². The van der Waals surface area contributed by atoms with Crippen molar-refractivity contribution in [2.75, 3.05) is 19.8 Å². The molecular formula is C18H31NO. The molecule has 0 aromatic heterocycles. The van der Waals surface area contributed by atoms with Crippen LogP contribution in [-0.4, -0.2) is 19.8 Å². The molecule has 0 heterocycles. The number of hydrogen-bond acceptors (Lipinski definition) is 2. The first-order valence-electron chi connectivity index (χ1n) is 7.92. The predicted octanol–water partition coefficient (Wildman–Crippen LogP) is 4.28. The highest BCUT2D eigenvalue weighted by Gasteiger charge is 2.12. The Balaban J connectivity index is 2.13. The van der Waals surface area contributed by atoms with E-state index in [1.165, 1.54) is 24.0 Å². The lowest BCUT2D eigenvalue weighted by atomic mass is 9.87. The number of nitrogens with one attached hydrogen (secondary N) is 1. The van der Waals surface area contributed by atoms with Gasteiger partial charge in [-0.1, -0.05) is 58.4 Å². The van der Waals surface area contributed by atoms with Gasteiger partial charge in [-0.3, -0.25) is 0 Å².